The molecule has 28 heavy (non-hydrogen) atoms. The molecule has 0 spiro atoms. The van der Waals surface area contributed by atoms with E-state index in [-0.39, 0.29) is 23.3 Å². The van der Waals surface area contributed by atoms with Crippen molar-refractivity contribution < 1.29 is 14.6 Å². The van der Waals surface area contributed by atoms with E-state index in [1.165, 1.54) is 0 Å². The highest BCUT2D eigenvalue weighted by Gasteiger charge is 2.30. The van der Waals surface area contributed by atoms with Crippen molar-refractivity contribution in [3.63, 3.8) is 0 Å². The first-order valence-electron chi connectivity index (χ1n) is 9.83. The second-order valence-electron chi connectivity index (χ2n) is 7.46. The molecule has 2 fully saturated rings. The Morgan fingerprint density at radius 1 is 1.07 bits per heavy atom. The summed E-state index contributed by atoms with van der Waals surface area (Å²) in [4.78, 5) is 12.8. The van der Waals surface area contributed by atoms with Crippen LogP contribution >= 0.6 is 11.8 Å². The highest BCUT2D eigenvalue weighted by molar-refractivity contribution is 8.00. The Kier molecular flexibility index (Phi) is 6.20. The maximum Gasteiger partial charge on any atom is 0.237 e. The maximum atomic E-state index is 12.8. The SMILES string of the molecule is O=C1N[C@H](CNC2CC(O)C2)CCS[C@@H]1c1ccc(Oc2ccccc2)cc1. The smallest absolute Gasteiger partial charge is 0.237 e. The van der Waals surface area contributed by atoms with Gasteiger partial charge in [-0.05, 0) is 54.8 Å². The summed E-state index contributed by atoms with van der Waals surface area (Å²) in [7, 11) is 0. The molecule has 5 nitrogen and oxygen atoms in total. The number of benzene rings is 2. The topological polar surface area (TPSA) is 70.6 Å². The number of aliphatic hydroxyl groups is 1. The van der Waals surface area contributed by atoms with Crippen molar-refractivity contribution in [3.05, 3.63) is 60.2 Å². The van der Waals surface area contributed by atoms with Crippen LogP contribution in [0.25, 0.3) is 0 Å². The minimum atomic E-state index is -0.193. The van der Waals surface area contributed by atoms with Crippen LogP contribution in [0, 0.1) is 0 Å². The summed E-state index contributed by atoms with van der Waals surface area (Å²) >= 11 is 1.69. The summed E-state index contributed by atoms with van der Waals surface area (Å²) in [6.07, 6.45) is 2.42. The molecule has 1 saturated heterocycles. The third-order valence-electron chi connectivity index (χ3n) is 5.26. The molecule has 2 atom stereocenters. The van der Waals surface area contributed by atoms with E-state index in [0.29, 0.717) is 6.04 Å². The standard InChI is InChI=1S/C22H26N2O3S/c25-18-12-17(13-18)23-14-16-10-11-28-21(22(26)24-16)15-6-8-20(9-7-15)27-19-4-2-1-3-5-19/h1-9,16-18,21,23,25H,10-14H2,(H,24,26)/t16-,17?,18?,21+/m0/s1. The van der Waals surface area contributed by atoms with Crippen LogP contribution in [0.4, 0.5) is 0 Å². The fourth-order valence-electron chi connectivity index (χ4n) is 3.55. The maximum absolute atomic E-state index is 12.8. The minimum absolute atomic E-state index is 0.0691. The Bertz CT molecular complexity index is 778. The third-order valence-corrected chi connectivity index (χ3v) is 6.55. The van der Waals surface area contributed by atoms with Gasteiger partial charge in [-0.1, -0.05) is 30.3 Å². The van der Waals surface area contributed by atoms with Crippen LogP contribution in [-0.4, -0.2) is 41.5 Å². The second kappa shape index (κ2) is 8.99. The van der Waals surface area contributed by atoms with Crippen molar-refractivity contribution in [1.29, 1.82) is 0 Å². The average Bonchev–Trinajstić information content (AvgIpc) is 2.87. The van der Waals surface area contributed by atoms with Crippen molar-refractivity contribution >= 4 is 17.7 Å². The van der Waals surface area contributed by atoms with Crippen LogP contribution in [0.5, 0.6) is 11.5 Å². The zero-order valence-corrected chi connectivity index (χ0v) is 16.5. The number of ether oxygens (including phenoxy) is 1. The van der Waals surface area contributed by atoms with E-state index in [0.717, 1.165) is 48.6 Å². The quantitative estimate of drug-likeness (QED) is 0.697. The summed E-state index contributed by atoms with van der Waals surface area (Å²) in [5.74, 6) is 2.57. The van der Waals surface area contributed by atoms with Gasteiger partial charge in [-0.25, -0.2) is 0 Å². The van der Waals surface area contributed by atoms with Gasteiger partial charge in [-0.3, -0.25) is 4.79 Å². The van der Waals surface area contributed by atoms with Crippen molar-refractivity contribution in [2.75, 3.05) is 12.3 Å². The van der Waals surface area contributed by atoms with Crippen LogP contribution in [0.3, 0.4) is 0 Å². The fourth-order valence-corrected chi connectivity index (χ4v) is 4.78. The van der Waals surface area contributed by atoms with E-state index in [1.807, 2.05) is 54.6 Å². The fraction of sp³-hybridized carbons (Fsp3) is 0.409. The van der Waals surface area contributed by atoms with Gasteiger partial charge in [-0.2, -0.15) is 0 Å². The normalized spacial score (nSPS) is 27.4. The molecule has 1 heterocycles. The minimum Gasteiger partial charge on any atom is -0.457 e. The first-order chi connectivity index (χ1) is 13.7. The van der Waals surface area contributed by atoms with Crippen LogP contribution in [0.1, 0.15) is 30.1 Å². The number of amides is 1. The van der Waals surface area contributed by atoms with E-state index < -0.39 is 0 Å². The molecule has 2 aliphatic rings. The highest BCUT2D eigenvalue weighted by Crippen LogP contribution is 2.33. The Labute approximate surface area is 169 Å². The van der Waals surface area contributed by atoms with Gasteiger partial charge in [0.15, 0.2) is 0 Å². The van der Waals surface area contributed by atoms with E-state index in [2.05, 4.69) is 10.6 Å². The Balaban J connectivity index is 1.33. The molecule has 1 aliphatic carbocycles. The number of rotatable bonds is 6. The number of aliphatic hydroxyl groups excluding tert-OH is 1. The molecule has 148 valence electrons. The average molecular weight is 399 g/mol. The van der Waals surface area contributed by atoms with E-state index >= 15 is 0 Å². The number of hydrogen-bond acceptors (Lipinski definition) is 5. The molecular formula is C22H26N2O3S. The van der Waals surface area contributed by atoms with Crippen LogP contribution < -0.4 is 15.4 Å². The van der Waals surface area contributed by atoms with Crippen molar-refractivity contribution in [3.8, 4) is 11.5 Å². The van der Waals surface area contributed by atoms with Crippen LogP contribution in [0.2, 0.25) is 0 Å². The van der Waals surface area contributed by atoms with E-state index in [9.17, 15) is 9.90 Å². The van der Waals surface area contributed by atoms with Crippen molar-refractivity contribution in [2.24, 2.45) is 0 Å². The Hall–Kier alpha value is -2.02. The zero-order chi connectivity index (χ0) is 19.3. The number of nitrogens with one attached hydrogen (secondary N) is 2. The van der Waals surface area contributed by atoms with Crippen molar-refractivity contribution in [1.82, 2.24) is 10.6 Å². The van der Waals surface area contributed by atoms with Gasteiger partial charge in [-0.15, -0.1) is 11.8 Å². The predicted molar refractivity (Wildman–Crippen MR) is 112 cm³/mol. The van der Waals surface area contributed by atoms with E-state index in [4.69, 9.17) is 4.74 Å². The summed E-state index contributed by atoms with van der Waals surface area (Å²) in [5.41, 5.74) is 0.999. The molecule has 1 aliphatic heterocycles. The summed E-state index contributed by atoms with van der Waals surface area (Å²) in [6.45, 7) is 0.764. The third kappa shape index (κ3) is 4.87. The molecule has 1 amide bonds. The van der Waals surface area contributed by atoms with Crippen molar-refractivity contribution in [2.45, 2.75) is 42.7 Å². The van der Waals surface area contributed by atoms with Gasteiger partial charge in [0.1, 0.15) is 16.7 Å². The molecule has 0 radical (unpaired) electrons. The summed E-state index contributed by atoms with van der Waals surface area (Å²) in [5, 5.41) is 15.8. The van der Waals surface area contributed by atoms with Gasteiger partial charge in [0.2, 0.25) is 5.91 Å². The lowest BCUT2D eigenvalue weighted by molar-refractivity contribution is -0.121. The van der Waals surface area contributed by atoms with Gasteiger partial charge < -0.3 is 20.5 Å². The Morgan fingerprint density at radius 2 is 1.79 bits per heavy atom. The second-order valence-corrected chi connectivity index (χ2v) is 8.67. The molecule has 0 bridgehead atoms. The van der Waals surface area contributed by atoms with Crippen LogP contribution in [-0.2, 0) is 4.79 Å². The zero-order valence-electron chi connectivity index (χ0n) is 15.7. The lowest BCUT2D eigenvalue weighted by Crippen LogP contribution is -2.50. The Morgan fingerprint density at radius 3 is 2.50 bits per heavy atom. The molecule has 2 aromatic carbocycles. The highest BCUT2D eigenvalue weighted by atomic mass is 32.2. The molecule has 4 rings (SSSR count). The molecule has 6 heteroatoms. The van der Waals surface area contributed by atoms with Gasteiger partial charge in [0, 0.05) is 18.6 Å². The number of thioether (sulfide) groups is 1. The molecule has 0 unspecified atom stereocenters. The van der Waals surface area contributed by atoms with Gasteiger partial charge in [0.05, 0.1) is 6.10 Å². The summed E-state index contributed by atoms with van der Waals surface area (Å²) in [6, 6.07) is 18.0. The lowest BCUT2D eigenvalue weighted by Gasteiger charge is -2.33. The largest absolute Gasteiger partial charge is 0.457 e. The first kappa shape index (κ1) is 19.3. The molecule has 2 aromatic rings. The van der Waals surface area contributed by atoms with E-state index in [1.54, 1.807) is 11.8 Å². The molecule has 0 aromatic heterocycles. The monoisotopic (exact) mass is 398 g/mol. The number of para-hydroxylation sites is 1. The van der Waals surface area contributed by atoms with Gasteiger partial charge >= 0.3 is 0 Å². The molecule has 1 saturated carbocycles. The number of carbonyl (C=O) groups excluding carboxylic acids is 1. The molecule has 3 N–H and O–H groups in total. The number of carbonyl (C=O) groups is 1. The summed E-state index contributed by atoms with van der Waals surface area (Å²) < 4.78 is 5.83. The lowest BCUT2D eigenvalue weighted by atomic mass is 9.89. The number of hydrogen-bond donors (Lipinski definition) is 3. The van der Waals surface area contributed by atoms with Gasteiger partial charge in [0.25, 0.3) is 0 Å². The predicted octanol–water partition coefficient (Wildman–Crippen LogP) is 3.25. The first-order valence-corrected chi connectivity index (χ1v) is 10.9. The van der Waals surface area contributed by atoms with Crippen LogP contribution in [0.15, 0.2) is 54.6 Å². The molecular weight excluding hydrogens is 372 g/mol.